The molecule has 118 valence electrons. The molecule has 0 amide bonds. The molecule has 4 rings (SSSR count). The Hall–Kier alpha value is -2.79. The van der Waals surface area contributed by atoms with E-state index in [0.29, 0.717) is 16.7 Å². The topological polar surface area (TPSA) is 64.1 Å². The monoisotopic (exact) mass is 335 g/mol. The van der Waals surface area contributed by atoms with Gasteiger partial charge in [-0.1, -0.05) is 30.3 Å². The maximum Gasteiger partial charge on any atom is 0.200 e. The Morgan fingerprint density at radius 1 is 1.04 bits per heavy atom. The van der Waals surface area contributed by atoms with E-state index in [-0.39, 0.29) is 17.1 Å². The maximum absolute atomic E-state index is 12.7. The fourth-order valence-electron chi connectivity index (χ4n) is 2.93. The second kappa shape index (κ2) is 5.39. The largest absolute Gasteiger partial charge is 0.294 e. The van der Waals surface area contributed by atoms with Gasteiger partial charge in [-0.05, 0) is 35.4 Å². The van der Waals surface area contributed by atoms with Gasteiger partial charge in [-0.2, -0.15) is 0 Å². The lowest BCUT2D eigenvalue weighted by Crippen LogP contribution is -2.06. The summed E-state index contributed by atoms with van der Waals surface area (Å²) < 4.78 is 23.9. The van der Waals surface area contributed by atoms with Gasteiger partial charge in [0.2, 0.25) is 0 Å². The molecule has 4 nitrogen and oxygen atoms in total. The third-order valence-electron chi connectivity index (χ3n) is 4.13. The predicted molar refractivity (Wildman–Crippen MR) is 92.4 cm³/mol. The van der Waals surface area contributed by atoms with Crippen molar-refractivity contribution in [2.45, 2.75) is 11.3 Å². The van der Waals surface area contributed by atoms with Crippen molar-refractivity contribution in [1.29, 1.82) is 0 Å². The number of sulfone groups is 1. The number of pyridine rings is 1. The third kappa shape index (κ3) is 2.43. The third-order valence-corrected chi connectivity index (χ3v) is 5.59. The molecule has 0 N–H and O–H groups in total. The lowest BCUT2D eigenvalue weighted by Gasteiger charge is -2.07. The molecule has 0 saturated heterocycles. The molecule has 0 bridgehead atoms. The van der Waals surface area contributed by atoms with Crippen LogP contribution >= 0.6 is 0 Å². The summed E-state index contributed by atoms with van der Waals surface area (Å²) in [5.41, 5.74) is 2.72. The lowest BCUT2D eigenvalue weighted by atomic mass is 9.99. The number of rotatable bonds is 3. The smallest absolute Gasteiger partial charge is 0.200 e. The molecule has 1 aromatic heterocycles. The number of para-hydroxylation sites is 1. The highest BCUT2D eigenvalue weighted by Crippen LogP contribution is 2.28. The number of hydrogen-bond donors (Lipinski definition) is 0. The van der Waals surface area contributed by atoms with Crippen molar-refractivity contribution in [2.24, 2.45) is 0 Å². The number of fused-ring (bicyclic) bond motifs is 2. The zero-order chi connectivity index (χ0) is 16.7. The highest BCUT2D eigenvalue weighted by Gasteiger charge is 2.21. The Kier molecular flexibility index (Phi) is 3.32. The van der Waals surface area contributed by atoms with Gasteiger partial charge in [-0.3, -0.25) is 9.78 Å². The maximum atomic E-state index is 12.7. The van der Waals surface area contributed by atoms with Crippen molar-refractivity contribution in [3.63, 3.8) is 0 Å². The summed E-state index contributed by atoms with van der Waals surface area (Å²) in [5, 5.41) is 2.00. The second-order valence-corrected chi connectivity index (χ2v) is 7.50. The standard InChI is InChI=1S/C19H13NO3S/c21-18(16-7-9-20-17-4-2-1-3-15(16)17)11-13-5-6-14-8-10-24(22,23)19(14)12-13/h1-10,12H,11H2. The average Bonchev–Trinajstić information content (AvgIpc) is 2.89. The summed E-state index contributed by atoms with van der Waals surface area (Å²) >= 11 is 0. The number of aromatic nitrogens is 1. The average molecular weight is 335 g/mol. The van der Waals surface area contributed by atoms with E-state index in [1.807, 2.05) is 24.3 Å². The van der Waals surface area contributed by atoms with Gasteiger partial charge in [0.15, 0.2) is 15.6 Å². The predicted octanol–water partition coefficient (Wildman–Crippen LogP) is 3.42. The van der Waals surface area contributed by atoms with Crippen LogP contribution in [0, 0.1) is 0 Å². The molecular formula is C19H13NO3S. The van der Waals surface area contributed by atoms with Crippen molar-refractivity contribution in [3.05, 3.63) is 76.8 Å². The summed E-state index contributed by atoms with van der Waals surface area (Å²) in [6.07, 6.45) is 3.34. The Labute approximate surface area is 139 Å². The van der Waals surface area contributed by atoms with E-state index in [1.54, 1.807) is 36.5 Å². The lowest BCUT2D eigenvalue weighted by molar-refractivity contribution is 0.0994. The highest BCUT2D eigenvalue weighted by molar-refractivity contribution is 7.94. The van der Waals surface area contributed by atoms with Crippen molar-refractivity contribution < 1.29 is 13.2 Å². The van der Waals surface area contributed by atoms with Crippen LogP contribution < -0.4 is 0 Å². The molecule has 0 unspecified atom stereocenters. The molecule has 0 fully saturated rings. The molecule has 0 atom stereocenters. The molecule has 2 aromatic carbocycles. The van der Waals surface area contributed by atoms with Gasteiger partial charge in [0.1, 0.15) is 0 Å². The van der Waals surface area contributed by atoms with Crippen LogP contribution in [0.3, 0.4) is 0 Å². The molecule has 5 heteroatoms. The summed E-state index contributed by atoms with van der Waals surface area (Å²) in [6.45, 7) is 0. The minimum atomic E-state index is -3.37. The zero-order valence-corrected chi connectivity index (χ0v) is 13.5. The van der Waals surface area contributed by atoms with Gasteiger partial charge in [0, 0.05) is 29.0 Å². The van der Waals surface area contributed by atoms with Crippen molar-refractivity contribution in [1.82, 2.24) is 4.98 Å². The van der Waals surface area contributed by atoms with Gasteiger partial charge in [0.05, 0.1) is 10.4 Å². The van der Waals surface area contributed by atoms with E-state index in [1.165, 1.54) is 5.41 Å². The van der Waals surface area contributed by atoms with Gasteiger partial charge in [0.25, 0.3) is 0 Å². The van der Waals surface area contributed by atoms with E-state index in [4.69, 9.17) is 0 Å². The van der Waals surface area contributed by atoms with Crippen LogP contribution in [-0.4, -0.2) is 19.2 Å². The van der Waals surface area contributed by atoms with Crippen LogP contribution in [0.4, 0.5) is 0 Å². The Morgan fingerprint density at radius 3 is 2.75 bits per heavy atom. The fraction of sp³-hybridized carbons (Fsp3) is 0.0526. The first kappa shape index (κ1) is 14.8. The molecule has 3 aromatic rings. The van der Waals surface area contributed by atoms with Crippen LogP contribution in [0.1, 0.15) is 21.5 Å². The molecule has 1 aliphatic rings. The van der Waals surface area contributed by atoms with Crippen LogP contribution in [0.25, 0.3) is 17.0 Å². The number of benzene rings is 2. The quantitative estimate of drug-likeness (QED) is 0.688. The number of carbonyl (C=O) groups excluding carboxylic acids is 1. The first-order valence-electron chi connectivity index (χ1n) is 7.48. The number of hydrogen-bond acceptors (Lipinski definition) is 4. The minimum Gasteiger partial charge on any atom is -0.294 e. The van der Waals surface area contributed by atoms with Gasteiger partial charge < -0.3 is 0 Å². The van der Waals surface area contributed by atoms with E-state index in [2.05, 4.69) is 4.98 Å². The number of Topliss-reactive ketones (excluding diaryl/α,β-unsaturated/α-hetero) is 1. The van der Waals surface area contributed by atoms with Gasteiger partial charge >= 0.3 is 0 Å². The summed E-state index contributed by atoms with van der Waals surface area (Å²) in [6, 6.07) is 14.3. The van der Waals surface area contributed by atoms with E-state index < -0.39 is 9.84 Å². The zero-order valence-electron chi connectivity index (χ0n) is 12.6. The highest BCUT2D eigenvalue weighted by atomic mass is 32.2. The van der Waals surface area contributed by atoms with Crippen LogP contribution in [-0.2, 0) is 16.3 Å². The minimum absolute atomic E-state index is 0.0584. The molecule has 0 radical (unpaired) electrons. The molecule has 2 heterocycles. The van der Waals surface area contributed by atoms with E-state index in [9.17, 15) is 13.2 Å². The number of nitrogens with zero attached hydrogens (tertiary/aromatic N) is 1. The molecule has 0 aliphatic carbocycles. The van der Waals surface area contributed by atoms with Gasteiger partial charge in [-0.25, -0.2) is 8.42 Å². The first-order chi connectivity index (χ1) is 11.5. The first-order valence-corrected chi connectivity index (χ1v) is 9.02. The second-order valence-electron chi connectivity index (χ2n) is 5.70. The fourth-order valence-corrected chi connectivity index (χ4v) is 4.18. The Morgan fingerprint density at radius 2 is 1.88 bits per heavy atom. The molecular weight excluding hydrogens is 322 g/mol. The normalized spacial score (nSPS) is 14.7. The van der Waals surface area contributed by atoms with E-state index >= 15 is 0 Å². The summed E-state index contributed by atoms with van der Waals surface area (Å²) in [4.78, 5) is 17.2. The van der Waals surface area contributed by atoms with Crippen LogP contribution in [0.15, 0.2) is 65.0 Å². The summed E-state index contributed by atoms with van der Waals surface area (Å²) in [5.74, 6) is -0.0584. The number of carbonyl (C=O) groups is 1. The van der Waals surface area contributed by atoms with E-state index in [0.717, 1.165) is 10.9 Å². The van der Waals surface area contributed by atoms with Crippen molar-refractivity contribution in [2.75, 3.05) is 0 Å². The number of ketones is 1. The molecule has 0 saturated carbocycles. The Balaban J connectivity index is 1.70. The molecule has 0 spiro atoms. The van der Waals surface area contributed by atoms with Gasteiger partial charge in [-0.15, -0.1) is 0 Å². The summed E-state index contributed by atoms with van der Waals surface area (Å²) in [7, 11) is -3.37. The van der Waals surface area contributed by atoms with Crippen LogP contribution in [0.5, 0.6) is 0 Å². The van der Waals surface area contributed by atoms with Crippen molar-refractivity contribution >= 4 is 32.6 Å². The Bertz CT molecular complexity index is 1110. The van der Waals surface area contributed by atoms with Crippen molar-refractivity contribution in [3.8, 4) is 0 Å². The molecule has 24 heavy (non-hydrogen) atoms. The molecule has 1 aliphatic heterocycles. The van der Waals surface area contributed by atoms with Crippen LogP contribution in [0.2, 0.25) is 0 Å². The SMILES string of the molecule is O=C(Cc1ccc2c(c1)S(=O)(=O)C=C2)c1ccnc2ccccc12.